The second kappa shape index (κ2) is 9.20. The van der Waals surface area contributed by atoms with E-state index in [4.69, 9.17) is 4.74 Å². The molecule has 1 aliphatic rings. The third kappa shape index (κ3) is 5.11. The number of nitrogens with one attached hydrogen (secondary N) is 1. The smallest absolute Gasteiger partial charge is 0.262 e. The van der Waals surface area contributed by atoms with Crippen LogP contribution < -0.4 is 10.9 Å². The first-order valence-electron chi connectivity index (χ1n) is 9.14. The van der Waals surface area contributed by atoms with Crippen LogP contribution in [-0.4, -0.2) is 65.4 Å². The average Bonchev–Trinajstić information content (AvgIpc) is 3.49. The molecule has 1 N–H and O–H groups in total. The van der Waals surface area contributed by atoms with Gasteiger partial charge in [-0.2, -0.15) is 0 Å². The van der Waals surface area contributed by atoms with Crippen LogP contribution in [0.15, 0.2) is 34.2 Å². The van der Waals surface area contributed by atoms with Gasteiger partial charge in [0.1, 0.15) is 0 Å². The molecule has 0 radical (unpaired) electrons. The molecule has 1 aromatic carbocycles. The molecule has 2 aromatic rings. The van der Waals surface area contributed by atoms with E-state index >= 15 is 0 Å². The van der Waals surface area contributed by atoms with Gasteiger partial charge >= 0.3 is 0 Å². The van der Waals surface area contributed by atoms with Gasteiger partial charge in [0.25, 0.3) is 5.56 Å². The Hall–Kier alpha value is -2.39. The van der Waals surface area contributed by atoms with E-state index in [1.54, 1.807) is 32.4 Å². The van der Waals surface area contributed by atoms with Crippen molar-refractivity contribution in [2.75, 3.05) is 33.1 Å². The van der Waals surface area contributed by atoms with E-state index < -0.39 is 0 Å². The third-order valence-electron chi connectivity index (χ3n) is 4.42. The molecule has 8 nitrogen and oxygen atoms in total. The van der Waals surface area contributed by atoms with Gasteiger partial charge in [0.2, 0.25) is 11.8 Å². The third-order valence-corrected chi connectivity index (χ3v) is 5.38. The largest absolute Gasteiger partial charge is 0.383 e. The fraction of sp³-hybridized carbons (Fsp3) is 0.474. The number of hydrogen-bond acceptors (Lipinski definition) is 6. The van der Waals surface area contributed by atoms with Gasteiger partial charge in [-0.1, -0.05) is 23.9 Å². The quantitative estimate of drug-likeness (QED) is 0.492. The number of amides is 2. The van der Waals surface area contributed by atoms with Crippen molar-refractivity contribution in [3.8, 4) is 0 Å². The van der Waals surface area contributed by atoms with Gasteiger partial charge in [-0.3, -0.25) is 19.0 Å². The van der Waals surface area contributed by atoms with Gasteiger partial charge in [0.05, 0.1) is 36.4 Å². The minimum Gasteiger partial charge on any atom is -0.383 e. The zero-order chi connectivity index (χ0) is 20.1. The summed E-state index contributed by atoms with van der Waals surface area (Å²) in [6, 6.07) is 7.39. The summed E-state index contributed by atoms with van der Waals surface area (Å²) in [7, 11) is 3.17. The van der Waals surface area contributed by atoms with Crippen LogP contribution in [0, 0.1) is 0 Å². The number of ether oxygens (including phenoxy) is 1. The Morgan fingerprint density at radius 2 is 2.11 bits per heavy atom. The van der Waals surface area contributed by atoms with Crippen molar-refractivity contribution in [1.82, 2.24) is 19.8 Å². The van der Waals surface area contributed by atoms with Crippen LogP contribution in [0.25, 0.3) is 10.9 Å². The minimum absolute atomic E-state index is 0.0253. The predicted octanol–water partition coefficient (Wildman–Crippen LogP) is 0.872. The Bertz CT molecular complexity index is 926. The second-order valence-corrected chi connectivity index (χ2v) is 7.68. The predicted molar refractivity (Wildman–Crippen MR) is 107 cm³/mol. The number of hydrogen-bond donors (Lipinski definition) is 1. The van der Waals surface area contributed by atoms with Crippen LogP contribution in [0.1, 0.15) is 12.8 Å². The average molecular weight is 404 g/mol. The molecule has 0 aliphatic heterocycles. The van der Waals surface area contributed by atoms with Crippen LogP contribution in [0.4, 0.5) is 0 Å². The standard InChI is InChI=1S/C19H24N4O4S/c1-22(11-16(24)20-13-7-8-13)17(25)12-28-19-21-15-6-4-3-5-14(15)18(26)23(19)9-10-27-2/h3-6,13H,7-12H2,1-2H3,(H,20,24). The summed E-state index contributed by atoms with van der Waals surface area (Å²) < 4.78 is 6.63. The Morgan fingerprint density at radius 3 is 2.82 bits per heavy atom. The molecule has 3 rings (SSSR count). The summed E-state index contributed by atoms with van der Waals surface area (Å²) in [5.74, 6) is -0.258. The molecular formula is C19H24N4O4S. The van der Waals surface area contributed by atoms with Gasteiger partial charge in [0.15, 0.2) is 5.16 Å². The van der Waals surface area contributed by atoms with Crippen molar-refractivity contribution in [2.45, 2.75) is 30.6 Å². The number of aromatic nitrogens is 2. The number of rotatable bonds is 9. The topological polar surface area (TPSA) is 93.5 Å². The minimum atomic E-state index is -0.198. The molecule has 1 saturated carbocycles. The molecular weight excluding hydrogens is 380 g/mol. The fourth-order valence-corrected chi connectivity index (χ4v) is 3.64. The number of para-hydroxylation sites is 1. The lowest BCUT2D eigenvalue weighted by molar-refractivity contribution is -0.132. The monoisotopic (exact) mass is 404 g/mol. The van der Waals surface area contributed by atoms with Crippen molar-refractivity contribution < 1.29 is 14.3 Å². The molecule has 0 unspecified atom stereocenters. The van der Waals surface area contributed by atoms with Crippen molar-refractivity contribution in [3.63, 3.8) is 0 Å². The highest BCUT2D eigenvalue weighted by atomic mass is 32.2. The van der Waals surface area contributed by atoms with Crippen LogP contribution in [0.3, 0.4) is 0 Å². The zero-order valence-electron chi connectivity index (χ0n) is 16.0. The summed E-state index contributed by atoms with van der Waals surface area (Å²) in [6.07, 6.45) is 2.01. The Kier molecular flexibility index (Phi) is 6.69. The number of methoxy groups -OCH3 is 1. The Balaban J connectivity index is 1.70. The molecule has 9 heteroatoms. The highest BCUT2D eigenvalue weighted by molar-refractivity contribution is 7.99. The van der Waals surface area contributed by atoms with Gasteiger partial charge in [-0.25, -0.2) is 4.98 Å². The number of benzene rings is 1. The summed E-state index contributed by atoms with van der Waals surface area (Å²) >= 11 is 1.19. The number of nitrogens with zero attached hydrogens (tertiary/aromatic N) is 3. The highest BCUT2D eigenvalue weighted by Gasteiger charge is 2.24. The van der Waals surface area contributed by atoms with E-state index in [0.29, 0.717) is 29.2 Å². The number of likely N-dealkylation sites (N-methyl/N-ethyl adjacent to an activating group) is 1. The lowest BCUT2D eigenvalue weighted by atomic mass is 10.2. The van der Waals surface area contributed by atoms with E-state index in [1.165, 1.54) is 21.2 Å². The summed E-state index contributed by atoms with van der Waals surface area (Å²) in [5.41, 5.74) is 0.433. The Morgan fingerprint density at radius 1 is 1.36 bits per heavy atom. The maximum atomic E-state index is 12.8. The first kappa shape index (κ1) is 20.3. The number of thioether (sulfide) groups is 1. The summed E-state index contributed by atoms with van der Waals surface area (Å²) in [4.78, 5) is 43.0. The van der Waals surface area contributed by atoms with Crippen LogP contribution in [-0.2, 0) is 20.9 Å². The lowest BCUT2D eigenvalue weighted by Crippen LogP contribution is -2.39. The van der Waals surface area contributed by atoms with Gasteiger partial charge < -0.3 is 15.0 Å². The van der Waals surface area contributed by atoms with Crippen molar-refractivity contribution in [3.05, 3.63) is 34.6 Å². The number of carbonyl (C=O) groups excluding carboxylic acids is 2. The van der Waals surface area contributed by atoms with Gasteiger partial charge in [0, 0.05) is 20.2 Å². The van der Waals surface area contributed by atoms with Crippen LogP contribution >= 0.6 is 11.8 Å². The van der Waals surface area contributed by atoms with E-state index in [2.05, 4.69) is 10.3 Å². The second-order valence-electron chi connectivity index (χ2n) is 6.74. The maximum absolute atomic E-state index is 12.8. The van der Waals surface area contributed by atoms with Crippen LogP contribution in [0.2, 0.25) is 0 Å². The van der Waals surface area contributed by atoms with E-state index in [0.717, 1.165) is 12.8 Å². The first-order chi connectivity index (χ1) is 13.5. The molecule has 0 bridgehead atoms. The normalized spacial score (nSPS) is 13.5. The SMILES string of the molecule is COCCn1c(SCC(=O)N(C)CC(=O)NC2CC2)nc2ccccc2c1=O. The number of carbonyl (C=O) groups is 2. The maximum Gasteiger partial charge on any atom is 0.262 e. The van der Waals surface area contributed by atoms with Gasteiger partial charge in [-0.15, -0.1) is 0 Å². The molecule has 1 aromatic heterocycles. The van der Waals surface area contributed by atoms with E-state index in [9.17, 15) is 14.4 Å². The Labute approximate surface area is 167 Å². The molecule has 0 atom stereocenters. The van der Waals surface area contributed by atoms with E-state index in [-0.39, 0.29) is 35.7 Å². The van der Waals surface area contributed by atoms with Gasteiger partial charge in [-0.05, 0) is 25.0 Å². The zero-order valence-corrected chi connectivity index (χ0v) is 16.8. The molecule has 1 fully saturated rings. The highest BCUT2D eigenvalue weighted by Crippen LogP contribution is 2.19. The summed E-state index contributed by atoms with van der Waals surface area (Å²) in [5, 5.41) is 3.86. The fourth-order valence-electron chi connectivity index (χ4n) is 2.68. The van der Waals surface area contributed by atoms with Crippen molar-refractivity contribution in [2.24, 2.45) is 0 Å². The molecule has 0 spiro atoms. The molecule has 0 saturated heterocycles. The van der Waals surface area contributed by atoms with Crippen LogP contribution in [0.5, 0.6) is 0 Å². The number of fused-ring (bicyclic) bond motifs is 1. The molecule has 2 amide bonds. The lowest BCUT2D eigenvalue weighted by Gasteiger charge is -2.17. The first-order valence-corrected chi connectivity index (χ1v) is 10.1. The summed E-state index contributed by atoms with van der Waals surface area (Å²) in [6.45, 7) is 0.740. The molecule has 1 aliphatic carbocycles. The van der Waals surface area contributed by atoms with E-state index in [1.807, 2.05) is 6.07 Å². The molecule has 150 valence electrons. The molecule has 1 heterocycles. The van der Waals surface area contributed by atoms with Crippen molar-refractivity contribution in [1.29, 1.82) is 0 Å². The van der Waals surface area contributed by atoms with Crippen molar-refractivity contribution >= 4 is 34.5 Å². The molecule has 28 heavy (non-hydrogen) atoms.